The fraction of sp³-hybridized carbons (Fsp3) is 0.200. The van der Waals surface area contributed by atoms with Crippen molar-refractivity contribution in [2.24, 2.45) is 0 Å². The molecule has 0 aliphatic rings. The number of aromatic nitrogens is 2. The van der Waals surface area contributed by atoms with E-state index in [9.17, 15) is 22.9 Å². The molecule has 0 unspecified atom stereocenters. The van der Waals surface area contributed by atoms with Crippen LogP contribution in [-0.4, -0.2) is 23.5 Å². The van der Waals surface area contributed by atoms with Crippen LogP contribution < -0.4 is 4.72 Å². The van der Waals surface area contributed by atoms with Crippen molar-refractivity contribution in [3.63, 3.8) is 0 Å². The lowest BCUT2D eigenvalue weighted by atomic mass is 10.3. The van der Waals surface area contributed by atoms with Gasteiger partial charge in [0.1, 0.15) is 0 Å². The number of nitrogens with one attached hydrogen (secondary N) is 1. The molecule has 11 heteroatoms. The number of sulfonamides is 1. The van der Waals surface area contributed by atoms with Gasteiger partial charge in [0.2, 0.25) is 21.7 Å². The van der Waals surface area contributed by atoms with E-state index in [0.717, 1.165) is 12.1 Å². The van der Waals surface area contributed by atoms with Crippen LogP contribution in [0.15, 0.2) is 27.6 Å². The van der Waals surface area contributed by atoms with Crippen molar-refractivity contribution in [3.05, 3.63) is 45.8 Å². The van der Waals surface area contributed by atoms with E-state index in [1.807, 2.05) is 0 Å². The number of nitro groups is 1. The zero-order valence-corrected chi connectivity index (χ0v) is 11.4. The average molecular weight is 316 g/mol. The number of hydrogen-bond acceptors (Lipinski definition) is 7. The van der Waals surface area contributed by atoms with E-state index < -0.39 is 31.3 Å². The highest BCUT2D eigenvalue weighted by molar-refractivity contribution is 7.89. The van der Waals surface area contributed by atoms with Crippen molar-refractivity contribution < 1.29 is 22.3 Å². The van der Waals surface area contributed by atoms with Crippen LogP contribution in [0.5, 0.6) is 0 Å². The van der Waals surface area contributed by atoms with E-state index in [4.69, 9.17) is 0 Å². The Morgan fingerprint density at radius 3 is 2.71 bits per heavy atom. The maximum atomic E-state index is 13.4. The predicted octanol–water partition coefficient (Wildman–Crippen LogP) is 0.904. The zero-order chi connectivity index (χ0) is 15.6. The molecule has 21 heavy (non-hydrogen) atoms. The van der Waals surface area contributed by atoms with Crippen molar-refractivity contribution in [3.8, 4) is 0 Å². The maximum absolute atomic E-state index is 13.4. The van der Waals surface area contributed by atoms with Gasteiger partial charge in [-0.3, -0.25) is 10.1 Å². The summed E-state index contributed by atoms with van der Waals surface area (Å²) in [4.78, 5) is 12.9. The molecule has 1 aromatic carbocycles. The van der Waals surface area contributed by atoms with Gasteiger partial charge in [0.25, 0.3) is 0 Å². The Labute approximate surface area is 118 Å². The van der Waals surface area contributed by atoms with Crippen molar-refractivity contribution in [2.45, 2.75) is 18.4 Å². The van der Waals surface area contributed by atoms with Crippen molar-refractivity contribution >= 4 is 15.7 Å². The molecule has 0 saturated carbocycles. The molecule has 0 atom stereocenters. The summed E-state index contributed by atoms with van der Waals surface area (Å²) in [6.07, 6.45) is 0. The Morgan fingerprint density at radius 1 is 1.48 bits per heavy atom. The Bertz CT molecular complexity index is 788. The second kappa shape index (κ2) is 5.54. The lowest BCUT2D eigenvalue weighted by Gasteiger charge is -2.04. The summed E-state index contributed by atoms with van der Waals surface area (Å²) in [6.45, 7) is 1.29. The topological polar surface area (TPSA) is 128 Å². The molecule has 1 aromatic heterocycles. The number of halogens is 1. The summed E-state index contributed by atoms with van der Waals surface area (Å²) in [5.41, 5.74) is -0.803. The number of benzene rings is 1. The van der Waals surface area contributed by atoms with Gasteiger partial charge in [0.05, 0.1) is 16.4 Å². The molecule has 112 valence electrons. The summed E-state index contributed by atoms with van der Waals surface area (Å²) in [5.74, 6) is -0.859. The lowest BCUT2D eigenvalue weighted by Crippen LogP contribution is -2.24. The molecule has 2 aromatic rings. The van der Waals surface area contributed by atoms with Gasteiger partial charge in [0.15, 0.2) is 5.82 Å². The smallest absolute Gasteiger partial charge is 0.304 e. The van der Waals surface area contributed by atoms with Crippen LogP contribution >= 0.6 is 0 Å². The second-order valence-electron chi connectivity index (χ2n) is 3.92. The molecular formula is C10H9FN4O5S. The van der Waals surface area contributed by atoms with Crippen LogP contribution in [-0.2, 0) is 16.6 Å². The van der Waals surface area contributed by atoms with E-state index in [2.05, 4.69) is 19.4 Å². The van der Waals surface area contributed by atoms with Crippen LogP contribution in [0.1, 0.15) is 11.7 Å². The predicted molar refractivity (Wildman–Crippen MR) is 66.1 cm³/mol. The Hall–Kier alpha value is -2.40. The van der Waals surface area contributed by atoms with Crippen LogP contribution in [0, 0.1) is 22.9 Å². The summed E-state index contributed by atoms with van der Waals surface area (Å²) in [7, 11) is -4.05. The van der Waals surface area contributed by atoms with Gasteiger partial charge in [-0.15, -0.1) is 0 Å². The van der Waals surface area contributed by atoms with Crippen molar-refractivity contribution in [2.75, 3.05) is 0 Å². The van der Waals surface area contributed by atoms with Gasteiger partial charge < -0.3 is 4.52 Å². The largest absolute Gasteiger partial charge is 0.340 e. The summed E-state index contributed by atoms with van der Waals surface area (Å²) < 4.78 is 44.0. The third-order valence-corrected chi connectivity index (χ3v) is 3.81. The number of nitro benzene ring substituents is 1. The third kappa shape index (κ3) is 3.38. The Balaban J connectivity index is 2.19. The molecule has 0 amide bonds. The first-order valence-electron chi connectivity index (χ1n) is 5.52. The quantitative estimate of drug-likeness (QED) is 0.641. The first kappa shape index (κ1) is 15.0. The Kier molecular flexibility index (Phi) is 3.95. The third-order valence-electron chi connectivity index (χ3n) is 2.42. The van der Waals surface area contributed by atoms with E-state index >= 15 is 0 Å². The SMILES string of the molecule is Cc1nc(CNS(=O)(=O)c2ccc([N+](=O)[O-])c(F)c2)no1. The molecule has 0 spiro atoms. The Morgan fingerprint density at radius 2 is 2.19 bits per heavy atom. The van der Waals surface area contributed by atoms with Gasteiger partial charge in [-0.05, 0) is 6.07 Å². The highest BCUT2D eigenvalue weighted by Crippen LogP contribution is 2.20. The van der Waals surface area contributed by atoms with Crippen molar-refractivity contribution in [1.29, 1.82) is 0 Å². The number of hydrogen-bond donors (Lipinski definition) is 1. The van der Waals surface area contributed by atoms with Crippen LogP contribution in [0.2, 0.25) is 0 Å². The minimum absolute atomic E-state index is 0.110. The first-order chi connectivity index (χ1) is 9.79. The van der Waals surface area contributed by atoms with E-state index in [1.54, 1.807) is 0 Å². The molecular weight excluding hydrogens is 307 g/mol. The van der Waals surface area contributed by atoms with Gasteiger partial charge in [-0.2, -0.15) is 9.37 Å². The van der Waals surface area contributed by atoms with Crippen LogP contribution in [0.4, 0.5) is 10.1 Å². The summed E-state index contributed by atoms with van der Waals surface area (Å²) in [5, 5.41) is 14.0. The standard InChI is InChI=1S/C10H9FN4O5S/c1-6-13-10(14-20-6)5-12-21(18,19)7-2-3-9(15(16)17)8(11)4-7/h2-4,12H,5H2,1H3. The summed E-state index contributed by atoms with van der Waals surface area (Å²) >= 11 is 0. The molecule has 0 aliphatic heterocycles. The van der Waals surface area contributed by atoms with Gasteiger partial charge in [-0.25, -0.2) is 13.1 Å². The zero-order valence-electron chi connectivity index (χ0n) is 10.6. The number of nitrogens with zero attached hydrogens (tertiary/aromatic N) is 3. The molecule has 9 nitrogen and oxygen atoms in total. The maximum Gasteiger partial charge on any atom is 0.304 e. The first-order valence-corrected chi connectivity index (χ1v) is 7.01. The fourth-order valence-electron chi connectivity index (χ4n) is 1.46. The van der Waals surface area contributed by atoms with Crippen molar-refractivity contribution in [1.82, 2.24) is 14.9 Å². The number of rotatable bonds is 5. The van der Waals surface area contributed by atoms with E-state index in [1.165, 1.54) is 6.92 Å². The summed E-state index contributed by atoms with van der Waals surface area (Å²) in [6, 6.07) is 2.29. The highest BCUT2D eigenvalue weighted by Gasteiger charge is 2.21. The molecule has 1 N–H and O–H groups in total. The van der Waals surface area contributed by atoms with Crippen LogP contribution in [0.3, 0.4) is 0 Å². The van der Waals surface area contributed by atoms with Gasteiger partial charge >= 0.3 is 5.69 Å². The molecule has 0 bridgehead atoms. The van der Waals surface area contributed by atoms with Gasteiger partial charge in [-0.1, -0.05) is 5.16 Å². The normalized spacial score (nSPS) is 11.5. The molecule has 0 aliphatic carbocycles. The molecule has 0 radical (unpaired) electrons. The average Bonchev–Trinajstić information content (AvgIpc) is 2.82. The fourth-order valence-corrected chi connectivity index (χ4v) is 2.45. The number of aryl methyl sites for hydroxylation is 1. The highest BCUT2D eigenvalue weighted by atomic mass is 32.2. The van der Waals surface area contributed by atoms with E-state index in [-0.39, 0.29) is 18.3 Å². The van der Waals surface area contributed by atoms with Gasteiger partial charge in [0, 0.05) is 19.1 Å². The van der Waals surface area contributed by atoms with E-state index in [0.29, 0.717) is 6.07 Å². The minimum atomic E-state index is -4.05. The molecule has 0 fully saturated rings. The lowest BCUT2D eigenvalue weighted by molar-refractivity contribution is -0.387. The van der Waals surface area contributed by atoms with Crippen LogP contribution in [0.25, 0.3) is 0 Å². The second-order valence-corrected chi connectivity index (χ2v) is 5.69. The molecule has 1 heterocycles. The monoisotopic (exact) mass is 316 g/mol. The minimum Gasteiger partial charge on any atom is -0.340 e. The molecule has 0 saturated heterocycles. The molecule has 2 rings (SSSR count).